The van der Waals surface area contributed by atoms with Gasteiger partial charge >= 0.3 is 6.09 Å². The predicted molar refractivity (Wildman–Crippen MR) is 143 cm³/mol. The van der Waals surface area contributed by atoms with Crippen molar-refractivity contribution in [3.63, 3.8) is 0 Å². The number of benzene rings is 2. The van der Waals surface area contributed by atoms with E-state index in [0.29, 0.717) is 34.6 Å². The average molecular weight is 512 g/mol. The van der Waals surface area contributed by atoms with Gasteiger partial charge in [0.1, 0.15) is 0 Å². The Morgan fingerprint density at radius 2 is 1.97 bits per heavy atom. The number of imidazole rings is 1. The lowest BCUT2D eigenvalue weighted by Crippen LogP contribution is -2.44. The van der Waals surface area contributed by atoms with Crippen molar-refractivity contribution >= 4 is 40.6 Å². The molecule has 1 aliphatic heterocycles. The largest absolute Gasteiger partial charge is 0.465 e. The quantitative estimate of drug-likeness (QED) is 0.383. The zero-order valence-electron chi connectivity index (χ0n) is 21.2. The lowest BCUT2D eigenvalue weighted by Gasteiger charge is -2.36. The van der Waals surface area contributed by atoms with Gasteiger partial charge in [0.05, 0.1) is 11.0 Å². The van der Waals surface area contributed by atoms with Crippen molar-refractivity contribution in [3.05, 3.63) is 58.6 Å². The van der Waals surface area contributed by atoms with E-state index in [1.165, 1.54) is 4.90 Å². The van der Waals surface area contributed by atoms with Gasteiger partial charge in [-0.1, -0.05) is 38.4 Å². The van der Waals surface area contributed by atoms with Crippen LogP contribution in [0.15, 0.2) is 42.5 Å². The van der Waals surface area contributed by atoms with Crippen LogP contribution in [0.4, 0.5) is 10.7 Å². The second-order valence-electron chi connectivity index (χ2n) is 10.6. The lowest BCUT2D eigenvalue weighted by atomic mass is 9.87. The smallest absolute Gasteiger partial charge is 0.407 e. The van der Waals surface area contributed by atoms with Crippen LogP contribution < -0.4 is 10.6 Å². The summed E-state index contributed by atoms with van der Waals surface area (Å²) < 4.78 is 2.03. The second-order valence-corrected chi connectivity index (χ2v) is 11.0. The molecule has 2 heterocycles. The first-order valence-electron chi connectivity index (χ1n) is 12.3. The average Bonchev–Trinajstić information content (AvgIpc) is 3.45. The van der Waals surface area contributed by atoms with E-state index in [1.807, 2.05) is 50.5 Å². The third-order valence-corrected chi connectivity index (χ3v) is 7.28. The van der Waals surface area contributed by atoms with Crippen LogP contribution in [0.2, 0.25) is 5.02 Å². The highest BCUT2D eigenvalue weighted by Crippen LogP contribution is 2.28. The van der Waals surface area contributed by atoms with Crippen LogP contribution in [0.25, 0.3) is 11.0 Å². The molecule has 192 valence electrons. The number of anilines is 1. The van der Waals surface area contributed by atoms with E-state index < -0.39 is 6.09 Å². The SMILES string of the molecule is CC(N(Cc1ccc2c(c1)nc(NC(=O)c1ccc(Cl)cc1)n2CC1CCCN1)C(=O)O)C(C)(C)C. The van der Waals surface area contributed by atoms with Crippen molar-refractivity contribution in [3.8, 4) is 0 Å². The van der Waals surface area contributed by atoms with Crippen LogP contribution in [0.5, 0.6) is 0 Å². The molecule has 2 aromatic carbocycles. The zero-order valence-corrected chi connectivity index (χ0v) is 22.0. The molecule has 4 rings (SSSR count). The highest BCUT2D eigenvalue weighted by Gasteiger charge is 2.30. The van der Waals surface area contributed by atoms with Crippen molar-refractivity contribution in [1.82, 2.24) is 19.8 Å². The standard InChI is InChI=1S/C27H34ClN5O3/c1-17(27(2,3)4)32(26(35)36)15-18-7-12-23-22(14-18)30-25(33(23)16-21-6-5-13-29-21)31-24(34)19-8-10-20(28)11-9-19/h7-12,14,17,21,29H,5-6,13,15-16H2,1-4H3,(H,35,36)(H,30,31,34). The van der Waals surface area contributed by atoms with Gasteiger partial charge in [-0.15, -0.1) is 0 Å². The molecule has 2 unspecified atom stereocenters. The number of carbonyl (C=O) groups excluding carboxylic acids is 1. The van der Waals surface area contributed by atoms with Crippen molar-refractivity contribution in [1.29, 1.82) is 0 Å². The molecule has 2 amide bonds. The van der Waals surface area contributed by atoms with E-state index in [2.05, 4.69) is 10.6 Å². The second kappa shape index (κ2) is 10.5. The fourth-order valence-electron chi connectivity index (χ4n) is 4.50. The molecule has 0 radical (unpaired) electrons. The molecule has 8 nitrogen and oxygen atoms in total. The number of carboxylic acid groups (broad SMARTS) is 1. The molecule has 3 N–H and O–H groups in total. The Morgan fingerprint density at radius 3 is 2.58 bits per heavy atom. The lowest BCUT2D eigenvalue weighted by molar-refractivity contribution is 0.0858. The van der Waals surface area contributed by atoms with E-state index in [0.717, 1.165) is 30.5 Å². The van der Waals surface area contributed by atoms with Crippen LogP contribution in [0.1, 0.15) is 56.5 Å². The first-order chi connectivity index (χ1) is 17.0. The normalized spacial score (nSPS) is 16.8. The zero-order chi connectivity index (χ0) is 26.0. The summed E-state index contributed by atoms with van der Waals surface area (Å²) >= 11 is 5.97. The summed E-state index contributed by atoms with van der Waals surface area (Å²) in [7, 11) is 0. The van der Waals surface area contributed by atoms with Gasteiger partial charge in [0.2, 0.25) is 5.95 Å². The van der Waals surface area contributed by atoms with Gasteiger partial charge in [-0.3, -0.25) is 10.1 Å². The summed E-state index contributed by atoms with van der Waals surface area (Å²) in [6.07, 6.45) is 1.22. The molecular formula is C27H34ClN5O3. The summed E-state index contributed by atoms with van der Waals surface area (Å²) in [5.74, 6) is 0.202. The third kappa shape index (κ3) is 5.82. The highest BCUT2D eigenvalue weighted by atomic mass is 35.5. The maximum atomic E-state index is 13.0. The topological polar surface area (TPSA) is 99.5 Å². The molecule has 1 saturated heterocycles. The van der Waals surface area contributed by atoms with Crippen LogP contribution in [0, 0.1) is 5.41 Å². The summed E-state index contributed by atoms with van der Waals surface area (Å²) in [5.41, 5.74) is 2.75. The van der Waals surface area contributed by atoms with Gasteiger partial charge in [0.15, 0.2) is 0 Å². The number of halogens is 1. The number of carbonyl (C=O) groups is 2. The van der Waals surface area contributed by atoms with Crippen LogP contribution in [0.3, 0.4) is 0 Å². The van der Waals surface area contributed by atoms with Crippen LogP contribution >= 0.6 is 11.6 Å². The molecule has 2 atom stereocenters. The summed E-state index contributed by atoms with van der Waals surface area (Å²) in [5, 5.41) is 16.9. The Balaban J connectivity index is 1.66. The number of fused-ring (bicyclic) bond motifs is 1. The van der Waals surface area contributed by atoms with Crippen molar-refractivity contribution < 1.29 is 14.7 Å². The first kappa shape index (κ1) is 26.0. The molecular weight excluding hydrogens is 478 g/mol. The number of aromatic nitrogens is 2. The summed E-state index contributed by atoms with van der Waals surface area (Å²) in [6, 6.07) is 12.7. The Labute approximate surface area is 216 Å². The fourth-order valence-corrected chi connectivity index (χ4v) is 4.62. The van der Waals surface area contributed by atoms with Gasteiger partial charge in [-0.25, -0.2) is 9.78 Å². The molecule has 0 aliphatic carbocycles. The Kier molecular flexibility index (Phi) is 7.57. The Morgan fingerprint density at radius 1 is 1.25 bits per heavy atom. The number of nitrogens with one attached hydrogen (secondary N) is 2. The predicted octanol–water partition coefficient (Wildman–Crippen LogP) is 5.61. The summed E-state index contributed by atoms with van der Waals surface area (Å²) in [6.45, 7) is 9.94. The minimum Gasteiger partial charge on any atom is -0.465 e. The van der Waals surface area contributed by atoms with Gasteiger partial charge in [-0.05, 0) is 73.7 Å². The maximum Gasteiger partial charge on any atom is 0.407 e. The van der Waals surface area contributed by atoms with E-state index in [4.69, 9.17) is 16.6 Å². The number of amides is 2. The fraction of sp³-hybridized carbons (Fsp3) is 0.444. The molecule has 3 aromatic rings. The molecule has 36 heavy (non-hydrogen) atoms. The molecule has 1 fully saturated rings. The number of rotatable bonds is 7. The third-order valence-electron chi connectivity index (χ3n) is 7.03. The van der Waals surface area contributed by atoms with Crippen molar-refractivity contribution in [2.45, 2.75) is 65.7 Å². The summed E-state index contributed by atoms with van der Waals surface area (Å²) in [4.78, 5) is 31.2. The Hall–Kier alpha value is -3.10. The van der Waals surface area contributed by atoms with Gasteiger partial charge < -0.3 is 19.9 Å². The van der Waals surface area contributed by atoms with Crippen LogP contribution in [-0.2, 0) is 13.1 Å². The van der Waals surface area contributed by atoms with Crippen molar-refractivity contribution in [2.75, 3.05) is 11.9 Å². The van der Waals surface area contributed by atoms with Gasteiger partial charge in [0.25, 0.3) is 5.91 Å². The number of hydrogen-bond donors (Lipinski definition) is 3. The highest BCUT2D eigenvalue weighted by molar-refractivity contribution is 6.30. The molecule has 1 aliphatic rings. The molecule has 0 saturated carbocycles. The monoisotopic (exact) mass is 511 g/mol. The minimum absolute atomic E-state index is 0.175. The molecule has 0 bridgehead atoms. The first-order valence-corrected chi connectivity index (χ1v) is 12.7. The van der Waals surface area contributed by atoms with Crippen LogP contribution in [-0.4, -0.2) is 50.2 Å². The van der Waals surface area contributed by atoms with Gasteiger partial charge in [0, 0.05) is 35.8 Å². The van der Waals surface area contributed by atoms with E-state index in [1.54, 1.807) is 24.3 Å². The minimum atomic E-state index is -0.953. The van der Waals surface area contributed by atoms with Gasteiger partial charge in [-0.2, -0.15) is 0 Å². The number of nitrogens with zero attached hydrogens (tertiary/aromatic N) is 3. The van der Waals surface area contributed by atoms with E-state index in [-0.39, 0.29) is 23.9 Å². The maximum absolute atomic E-state index is 13.0. The molecule has 0 spiro atoms. The number of hydrogen-bond acceptors (Lipinski definition) is 4. The van der Waals surface area contributed by atoms with E-state index >= 15 is 0 Å². The molecule has 1 aromatic heterocycles. The van der Waals surface area contributed by atoms with E-state index in [9.17, 15) is 14.7 Å². The molecule has 9 heteroatoms. The van der Waals surface area contributed by atoms with Crippen molar-refractivity contribution in [2.24, 2.45) is 5.41 Å². The Bertz CT molecular complexity index is 1240.